The van der Waals surface area contributed by atoms with Gasteiger partial charge in [0.25, 0.3) is 0 Å². The van der Waals surface area contributed by atoms with Gasteiger partial charge in [-0.25, -0.2) is 0 Å². The lowest BCUT2D eigenvalue weighted by Crippen LogP contribution is -1.96. The largest absolute Gasteiger partial charge is 0.398 e. The van der Waals surface area contributed by atoms with Crippen LogP contribution in [0.25, 0.3) is 10.9 Å². The number of rotatable bonds is 1. The van der Waals surface area contributed by atoms with Crippen LogP contribution in [0.3, 0.4) is 0 Å². The molecule has 0 saturated heterocycles. The van der Waals surface area contributed by atoms with Crippen molar-refractivity contribution in [3.63, 3.8) is 0 Å². The number of aromatic nitrogens is 1. The number of hydrogen-bond donors (Lipinski definition) is 1. The summed E-state index contributed by atoms with van der Waals surface area (Å²) < 4.78 is 0. The lowest BCUT2D eigenvalue weighted by Gasteiger charge is -2.08. The summed E-state index contributed by atoms with van der Waals surface area (Å²) in [7, 11) is 0. The van der Waals surface area contributed by atoms with Gasteiger partial charge in [-0.05, 0) is 31.0 Å². The molecule has 3 heteroatoms. The zero-order valence-corrected chi connectivity index (χ0v) is 9.60. The van der Waals surface area contributed by atoms with Gasteiger partial charge in [0.1, 0.15) is 0 Å². The summed E-state index contributed by atoms with van der Waals surface area (Å²) in [4.78, 5) is 4.50. The second kappa shape index (κ2) is 3.70. The van der Waals surface area contributed by atoms with Crippen molar-refractivity contribution in [2.24, 2.45) is 0 Å². The Hall–Kier alpha value is -1.28. The SMILES string of the molecule is CCc1cc(N)c2c(C)ccc(Cl)c2n1. The van der Waals surface area contributed by atoms with Crippen LogP contribution in [-0.4, -0.2) is 4.98 Å². The first-order valence-corrected chi connectivity index (χ1v) is 5.35. The van der Waals surface area contributed by atoms with Crippen LogP contribution in [0.4, 0.5) is 5.69 Å². The summed E-state index contributed by atoms with van der Waals surface area (Å²) in [5.74, 6) is 0. The van der Waals surface area contributed by atoms with E-state index in [2.05, 4.69) is 11.9 Å². The van der Waals surface area contributed by atoms with Crippen LogP contribution in [-0.2, 0) is 6.42 Å². The maximum atomic E-state index is 6.11. The molecule has 1 aromatic carbocycles. The van der Waals surface area contributed by atoms with Crippen LogP contribution in [0.5, 0.6) is 0 Å². The van der Waals surface area contributed by atoms with E-state index >= 15 is 0 Å². The van der Waals surface area contributed by atoms with Crippen molar-refractivity contribution in [3.8, 4) is 0 Å². The minimum absolute atomic E-state index is 0.664. The lowest BCUT2D eigenvalue weighted by molar-refractivity contribution is 1.06. The summed E-state index contributed by atoms with van der Waals surface area (Å²) in [6.45, 7) is 4.07. The maximum Gasteiger partial charge on any atom is 0.0914 e. The Morgan fingerprint density at radius 3 is 2.80 bits per heavy atom. The van der Waals surface area contributed by atoms with Crippen molar-refractivity contribution in [1.29, 1.82) is 0 Å². The summed E-state index contributed by atoms with van der Waals surface area (Å²) in [5, 5.41) is 1.64. The molecule has 2 N–H and O–H groups in total. The average Bonchev–Trinajstić information content (AvgIpc) is 2.23. The van der Waals surface area contributed by atoms with Crippen LogP contribution >= 0.6 is 11.6 Å². The summed E-state index contributed by atoms with van der Waals surface area (Å²) in [5.41, 5.74) is 9.67. The minimum Gasteiger partial charge on any atom is -0.398 e. The smallest absolute Gasteiger partial charge is 0.0914 e. The second-order valence-electron chi connectivity index (χ2n) is 3.64. The molecule has 0 spiro atoms. The first kappa shape index (κ1) is 10.2. The van der Waals surface area contributed by atoms with Gasteiger partial charge in [0.15, 0.2) is 0 Å². The Labute approximate surface area is 94.1 Å². The van der Waals surface area contributed by atoms with Gasteiger partial charge in [-0.15, -0.1) is 0 Å². The Morgan fingerprint density at radius 1 is 1.40 bits per heavy atom. The number of fused-ring (bicyclic) bond motifs is 1. The number of halogens is 1. The van der Waals surface area contributed by atoms with E-state index in [-0.39, 0.29) is 0 Å². The minimum atomic E-state index is 0.664. The molecule has 0 aliphatic carbocycles. The third kappa shape index (κ3) is 1.65. The standard InChI is InChI=1S/C12H13ClN2/c1-3-8-6-10(14)11-7(2)4-5-9(13)12(11)15-8/h4-6H,3H2,1-2H3,(H2,14,15). The molecule has 2 aromatic rings. The topological polar surface area (TPSA) is 38.9 Å². The lowest BCUT2D eigenvalue weighted by atomic mass is 10.1. The Kier molecular flexibility index (Phi) is 2.53. The summed E-state index contributed by atoms with van der Waals surface area (Å²) >= 11 is 6.11. The van der Waals surface area contributed by atoms with Gasteiger partial charge in [0, 0.05) is 16.8 Å². The number of nitrogen functional groups attached to an aromatic ring is 1. The molecule has 0 bridgehead atoms. The average molecular weight is 221 g/mol. The highest BCUT2D eigenvalue weighted by atomic mass is 35.5. The molecule has 0 aliphatic heterocycles. The van der Waals surface area contributed by atoms with Crippen molar-refractivity contribution in [3.05, 3.63) is 34.5 Å². The van der Waals surface area contributed by atoms with Crippen molar-refractivity contribution in [2.75, 3.05) is 5.73 Å². The quantitative estimate of drug-likeness (QED) is 0.801. The maximum absolute atomic E-state index is 6.11. The van der Waals surface area contributed by atoms with Crippen LogP contribution in [0.1, 0.15) is 18.2 Å². The normalized spacial score (nSPS) is 10.9. The third-order valence-electron chi connectivity index (χ3n) is 2.57. The molecule has 0 saturated carbocycles. The molecule has 0 aliphatic rings. The molecule has 2 rings (SSSR count). The predicted octanol–water partition coefficient (Wildman–Crippen LogP) is 3.34. The molecule has 0 amide bonds. The van der Waals surface area contributed by atoms with Crippen LogP contribution in [0.15, 0.2) is 18.2 Å². The van der Waals surface area contributed by atoms with Gasteiger partial charge in [-0.1, -0.05) is 24.6 Å². The Bertz CT molecular complexity index is 521. The monoisotopic (exact) mass is 220 g/mol. The van der Waals surface area contributed by atoms with E-state index in [1.807, 2.05) is 25.1 Å². The number of hydrogen-bond acceptors (Lipinski definition) is 2. The first-order chi connectivity index (χ1) is 7.13. The number of benzene rings is 1. The summed E-state index contributed by atoms with van der Waals surface area (Å²) in [6.07, 6.45) is 0.865. The number of aryl methyl sites for hydroxylation is 2. The number of pyridine rings is 1. The fourth-order valence-electron chi connectivity index (χ4n) is 1.75. The fraction of sp³-hybridized carbons (Fsp3) is 0.250. The van der Waals surface area contributed by atoms with E-state index < -0.39 is 0 Å². The van der Waals surface area contributed by atoms with E-state index in [1.54, 1.807) is 0 Å². The van der Waals surface area contributed by atoms with Crippen LogP contribution < -0.4 is 5.73 Å². The van der Waals surface area contributed by atoms with Crippen LogP contribution in [0.2, 0.25) is 5.02 Å². The molecular formula is C12H13ClN2. The van der Waals surface area contributed by atoms with Gasteiger partial charge in [0.2, 0.25) is 0 Å². The first-order valence-electron chi connectivity index (χ1n) is 4.97. The molecule has 0 unspecified atom stereocenters. The molecule has 0 radical (unpaired) electrons. The van der Waals surface area contributed by atoms with Gasteiger partial charge >= 0.3 is 0 Å². The molecule has 15 heavy (non-hydrogen) atoms. The predicted molar refractivity (Wildman–Crippen MR) is 65.3 cm³/mol. The molecule has 1 heterocycles. The van der Waals surface area contributed by atoms with Crippen LogP contribution in [0, 0.1) is 6.92 Å². The van der Waals surface area contributed by atoms with Crippen molar-refractivity contribution >= 4 is 28.2 Å². The summed E-state index contributed by atoms with van der Waals surface area (Å²) in [6, 6.07) is 5.76. The highest BCUT2D eigenvalue weighted by molar-refractivity contribution is 6.35. The zero-order valence-electron chi connectivity index (χ0n) is 8.84. The number of anilines is 1. The zero-order chi connectivity index (χ0) is 11.0. The van der Waals surface area contributed by atoms with Gasteiger partial charge in [-0.3, -0.25) is 4.98 Å². The Morgan fingerprint density at radius 2 is 2.13 bits per heavy atom. The van der Waals surface area contributed by atoms with Crippen molar-refractivity contribution in [1.82, 2.24) is 4.98 Å². The molecular weight excluding hydrogens is 208 g/mol. The van der Waals surface area contributed by atoms with Gasteiger partial charge < -0.3 is 5.73 Å². The highest BCUT2D eigenvalue weighted by Gasteiger charge is 2.08. The highest BCUT2D eigenvalue weighted by Crippen LogP contribution is 2.29. The van der Waals surface area contributed by atoms with Crippen molar-refractivity contribution < 1.29 is 0 Å². The molecule has 0 fully saturated rings. The van der Waals surface area contributed by atoms with E-state index in [4.69, 9.17) is 17.3 Å². The van der Waals surface area contributed by atoms with E-state index in [1.165, 1.54) is 0 Å². The van der Waals surface area contributed by atoms with Gasteiger partial charge in [-0.2, -0.15) is 0 Å². The second-order valence-corrected chi connectivity index (χ2v) is 4.05. The van der Waals surface area contributed by atoms with Crippen molar-refractivity contribution in [2.45, 2.75) is 20.3 Å². The molecule has 1 aromatic heterocycles. The Balaban J connectivity index is 2.90. The van der Waals surface area contributed by atoms with E-state index in [9.17, 15) is 0 Å². The molecule has 2 nitrogen and oxygen atoms in total. The fourth-order valence-corrected chi connectivity index (χ4v) is 1.95. The molecule has 0 atom stereocenters. The molecule has 78 valence electrons. The third-order valence-corrected chi connectivity index (χ3v) is 2.87. The van der Waals surface area contributed by atoms with Gasteiger partial charge in [0.05, 0.1) is 10.5 Å². The number of nitrogens with two attached hydrogens (primary N) is 1. The van der Waals surface area contributed by atoms with E-state index in [0.29, 0.717) is 5.02 Å². The van der Waals surface area contributed by atoms with E-state index in [0.717, 1.165) is 34.3 Å². The number of nitrogens with zero attached hydrogens (tertiary/aromatic N) is 1.